The Kier molecular flexibility index (Phi) is 6.32. The molecular formula is C24H25N5O3S. The average Bonchev–Trinajstić information content (AvgIpc) is 3.51. The monoisotopic (exact) mass is 463 g/mol. The Bertz CT molecular complexity index is 1220. The molecule has 5 rings (SSSR count). The Morgan fingerprint density at radius 1 is 1.03 bits per heavy atom. The van der Waals surface area contributed by atoms with Crippen molar-refractivity contribution in [3.63, 3.8) is 0 Å². The van der Waals surface area contributed by atoms with Crippen molar-refractivity contribution < 1.29 is 14.0 Å². The van der Waals surface area contributed by atoms with Gasteiger partial charge in [-0.2, -0.15) is 0 Å². The van der Waals surface area contributed by atoms with E-state index >= 15 is 0 Å². The molecule has 1 saturated heterocycles. The van der Waals surface area contributed by atoms with Gasteiger partial charge < -0.3 is 18.9 Å². The summed E-state index contributed by atoms with van der Waals surface area (Å²) in [6.45, 7) is 5.04. The second-order valence-corrected chi connectivity index (χ2v) is 8.66. The molecule has 2 aromatic heterocycles. The Morgan fingerprint density at radius 2 is 1.82 bits per heavy atom. The van der Waals surface area contributed by atoms with Crippen molar-refractivity contribution in [2.75, 3.05) is 38.3 Å². The molecule has 0 N–H and O–H groups in total. The van der Waals surface area contributed by atoms with Gasteiger partial charge in [-0.15, -0.1) is 10.2 Å². The van der Waals surface area contributed by atoms with Crippen LogP contribution in [0.1, 0.15) is 11.3 Å². The van der Waals surface area contributed by atoms with Crippen molar-refractivity contribution in [2.45, 2.75) is 17.8 Å². The van der Waals surface area contributed by atoms with Gasteiger partial charge in [-0.05, 0) is 31.2 Å². The second-order valence-electron chi connectivity index (χ2n) is 7.72. The van der Waals surface area contributed by atoms with Gasteiger partial charge in [-0.25, -0.2) is 0 Å². The zero-order valence-corrected chi connectivity index (χ0v) is 19.4. The van der Waals surface area contributed by atoms with Gasteiger partial charge in [-0.1, -0.05) is 46.7 Å². The first-order valence-corrected chi connectivity index (χ1v) is 11.8. The molecule has 0 atom stereocenters. The van der Waals surface area contributed by atoms with E-state index in [1.165, 1.54) is 5.56 Å². The molecule has 1 aliphatic rings. The maximum absolute atomic E-state index is 5.61. The van der Waals surface area contributed by atoms with Crippen LogP contribution in [0.4, 0.5) is 5.95 Å². The molecule has 170 valence electrons. The van der Waals surface area contributed by atoms with Crippen LogP contribution >= 0.6 is 11.8 Å². The summed E-state index contributed by atoms with van der Waals surface area (Å²) in [5, 5.41) is 14.1. The Hall–Kier alpha value is -3.30. The number of morpholine rings is 1. The molecule has 0 saturated carbocycles. The minimum Gasteiger partial charge on any atom is -0.496 e. The number of methoxy groups -OCH3 is 1. The van der Waals surface area contributed by atoms with Crippen molar-refractivity contribution >= 4 is 17.7 Å². The zero-order chi connectivity index (χ0) is 22.6. The summed E-state index contributed by atoms with van der Waals surface area (Å²) in [7, 11) is 1.65. The van der Waals surface area contributed by atoms with Crippen molar-refractivity contribution in [3.05, 3.63) is 65.9 Å². The van der Waals surface area contributed by atoms with Crippen LogP contribution in [0.5, 0.6) is 5.75 Å². The van der Waals surface area contributed by atoms with Gasteiger partial charge in [0.1, 0.15) is 17.2 Å². The lowest BCUT2D eigenvalue weighted by Gasteiger charge is -2.27. The number of thioether (sulfide) groups is 1. The number of ether oxygens (including phenoxy) is 2. The van der Waals surface area contributed by atoms with E-state index in [9.17, 15) is 0 Å². The number of rotatable bonds is 7. The quantitative estimate of drug-likeness (QED) is 0.374. The van der Waals surface area contributed by atoms with Crippen molar-refractivity contribution in [2.24, 2.45) is 0 Å². The first-order valence-electron chi connectivity index (χ1n) is 10.8. The number of nitrogens with zero attached hydrogens (tertiary/aromatic N) is 5. The van der Waals surface area contributed by atoms with Crippen molar-refractivity contribution in [3.8, 4) is 22.7 Å². The van der Waals surface area contributed by atoms with Crippen LogP contribution in [0.15, 0.2) is 64.3 Å². The molecular weight excluding hydrogens is 438 g/mol. The Morgan fingerprint density at radius 3 is 2.61 bits per heavy atom. The number of hydrogen-bond acceptors (Lipinski definition) is 8. The molecule has 33 heavy (non-hydrogen) atoms. The van der Waals surface area contributed by atoms with Gasteiger partial charge >= 0.3 is 0 Å². The van der Waals surface area contributed by atoms with Crippen molar-refractivity contribution in [1.29, 1.82) is 0 Å². The van der Waals surface area contributed by atoms with E-state index in [1.807, 2.05) is 30.3 Å². The van der Waals surface area contributed by atoms with Crippen LogP contribution in [0.2, 0.25) is 0 Å². The van der Waals surface area contributed by atoms with Crippen LogP contribution in [-0.2, 0) is 10.5 Å². The van der Waals surface area contributed by atoms with Gasteiger partial charge in [0.2, 0.25) is 5.95 Å². The summed E-state index contributed by atoms with van der Waals surface area (Å²) in [4.78, 5) is 2.22. The fourth-order valence-corrected chi connectivity index (χ4v) is 4.57. The molecule has 0 spiro atoms. The van der Waals surface area contributed by atoms with E-state index in [0.29, 0.717) is 19.0 Å². The smallest absolute Gasteiger partial charge is 0.232 e. The highest BCUT2D eigenvalue weighted by molar-refractivity contribution is 7.98. The lowest BCUT2D eigenvalue weighted by atomic mass is 10.1. The van der Waals surface area contributed by atoms with E-state index in [2.05, 4.69) is 56.0 Å². The summed E-state index contributed by atoms with van der Waals surface area (Å²) >= 11 is 1.57. The number of anilines is 1. The SMILES string of the molecule is COc1ccccc1-c1cc(CSc2nnc(N3CCOCC3)n2-c2ccc(C)cc2)on1. The fourth-order valence-electron chi connectivity index (χ4n) is 3.74. The molecule has 0 bridgehead atoms. The fraction of sp³-hybridized carbons (Fsp3) is 0.292. The van der Waals surface area contributed by atoms with E-state index in [-0.39, 0.29) is 0 Å². The topological polar surface area (TPSA) is 78.4 Å². The van der Waals surface area contributed by atoms with E-state index in [1.54, 1.807) is 18.9 Å². The van der Waals surface area contributed by atoms with Gasteiger partial charge in [0, 0.05) is 24.7 Å². The first kappa shape index (κ1) is 21.5. The zero-order valence-electron chi connectivity index (χ0n) is 18.6. The maximum Gasteiger partial charge on any atom is 0.232 e. The molecule has 9 heteroatoms. The van der Waals surface area contributed by atoms with Crippen LogP contribution in [0.3, 0.4) is 0 Å². The summed E-state index contributed by atoms with van der Waals surface area (Å²) in [5.41, 5.74) is 3.89. The highest BCUT2D eigenvalue weighted by Crippen LogP contribution is 2.32. The number of hydrogen-bond donors (Lipinski definition) is 0. The largest absolute Gasteiger partial charge is 0.496 e. The molecule has 0 radical (unpaired) electrons. The highest BCUT2D eigenvalue weighted by Gasteiger charge is 2.22. The summed E-state index contributed by atoms with van der Waals surface area (Å²) in [6.07, 6.45) is 0. The molecule has 0 unspecified atom stereocenters. The predicted molar refractivity (Wildman–Crippen MR) is 127 cm³/mol. The third-order valence-corrected chi connectivity index (χ3v) is 6.44. The molecule has 1 fully saturated rings. The number of benzene rings is 2. The van der Waals surface area contributed by atoms with Gasteiger partial charge in [0.15, 0.2) is 5.16 Å². The van der Waals surface area contributed by atoms with E-state index in [4.69, 9.17) is 14.0 Å². The molecule has 0 aliphatic carbocycles. The average molecular weight is 464 g/mol. The molecule has 2 aromatic carbocycles. The van der Waals surface area contributed by atoms with Crippen LogP contribution < -0.4 is 9.64 Å². The number of aryl methyl sites for hydroxylation is 1. The van der Waals surface area contributed by atoms with Crippen LogP contribution in [0.25, 0.3) is 16.9 Å². The number of aromatic nitrogens is 4. The molecule has 4 aromatic rings. The summed E-state index contributed by atoms with van der Waals surface area (Å²) < 4.78 is 18.7. The van der Waals surface area contributed by atoms with Crippen LogP contribution in [0, 0.1) is 6.92 Å². The minimum absolute atomic E-state index is 0.579. The van der Waals surface area contributed by atoms with Gasteiger partial charge in [0.05, 0.1) is 31.8 Å². The molecule has 8 nitrogen and oxygen atoms in total. The maximum atomic E-state index is 5.61. The molecule has 1 aliphatic heterocycles. The summed E-state index contributed by atoms with van der Waals surface area (Å²) in [5.74, 6) is 2.93. The van der Waals surface area contributed by atoms with Crippen LogP contribution in [-0.4, -0.2) is 53.3 Å². The lowest BCUT2D eigenvalue weighted by molar-refractivity contribution is 0.122. The predicted octanol–water partition coefficient (Wildman–Crippen LogP) is 4.37. The standard InChI is InChI=1S/C24H25N5O3S/c1-17-7-9-18(10-8-17)29-23(28-11-13-31-14-12-28)25-26-24(29)33-16-19-15-21(27-32-19)20-5-3-4-6-22(20)30-2/h3-10,15H,11-14,16H2,1-2H3. The minimum atomic E-state index is 0.579. The third-order valence-electron chi connectivity index (χ3n) is 5.49. The van der Waals surface area contributed by atoms with Crippen molar-refractivity contribution in [1.82, 2.24) is 19.9 Å². The van der Waals surface area contributed by atoms with Gasteiger partial charge in [-0.3, -0.25) is 4.57 Å². The lowest BCUT2D eigenvalue weighted by Crippen LogP contribution is -2.37. The first-order chi connectivity index (χ1) is 16.2. The van der Waals surface area contributed by atoms with E-state index in [0.717, 1.165) is 52.6 Å². The molecule has 3 heterocycles. The Balaban J connectivity index is 1.40. The van der Waals surface area contributed by atoms with E-state index < -0.39 is 0 Å². The third kappa shape index (κ3) is 4.60. The van der Waals surface area contributed by atoms with Gasteiger partial charge in [0.25, 0.3) is 0 Å². The Labute approximate surface area is 196 Å². The number of para-hydroxylation sites is 1. The molecule has 0 amide bonds. The summed E-state index contributed by atoms with van der Waals surface area (Å²) in [6, 6.07) is 18.1. The second kappa shape index (κ2) is 9.68. The highest BCUT2D eigenvalue weighted by atomic mass is 32.2. The normalized spacial score (nSPS) is 13.9.